The second kappa shape index (κ2) is 4.56. The summed E-state index contributed by atoms with van der Waals surface area (Å²) in [6.07, 6.45) is 0. The van der Waals surface area contributed by atoms with Gasteiger partial charge in [-0.3, -0.25) is 0 Å². The Morgan fingerprint density at radius 3 is 1.94 bits per heavy atom. The summed E-state index contributed by atoms with van der Waals surface area (Å²) in [6, 6.07) is 7.10. The van der Waals surface area contributed by atoms with Gasteiger partial charge in [-0.05, 0) is 41.5 Å². The van der Waals surface area contributed by atoms with E-state index < -0.39 is 5.97 Å². The average molecular weight is 246 g/mol. The van der Waals surface area contributed by atoms with Crippen molar-refractivity contribution in [3.63, 3.8) is 0 Å². The SMILES string of the molecule is COc1cc2cc(C)c(C(=O)O)cc2cc1OC. The number of aromatic carboxylic acids is 1. The normalized spacial score (nSPS) is 10.4. The summed E-state index contributed by atoms with van der Waals surface area (Å²) in [5.74, 6) is 0.293. The molecule has 0 aliphatic rings. The number of carboxylic acids is 1. The van der Waals surface area contributed by atoms with E-state index in [0.29, 0.717) is 17.1 Å². The van der Waals surface area contributed by atoms with Gasteiger partial charge in [0.1, 0.15) is 0 Å². The highest BCUT2D eigenvalue weighted by Gasteiger charge is 2.11. The summed E-state index contributed by atoms with van der Waals surface area (Å²) in [6.45, 7) is 1.78. The van der Waals surface area contributed by atoms with Crippen LogP contribution in [0.15, 0.2) is 24.3 Å². The second-order valence-corrected chi connectivity index (χ2v) is 4.03. The smallest absolute Gasteiger partial charge is 0.335 e. The lowest BCUT2D eigenvalue weighted by molar-refractivity contribution is 0.0696. The van der Waals surface area contributed by atoms with E-state index in [-0.39, 0.29) is 0 Å². The van der Waals surface area contributed by atoms with Gasteiger partial charge < -0.3 is 14.6 Å². The predicted molar refractivity (Wildman–Crippen MR) is 68.7 cm³/mol. The highest BCUT2D eigenvalue weighted by atomic mass is 16.5. The van der Waals surface area contributed by atoms with E-state index in [4.69, 9.17) is 14.6 Å². The number of rotatable bonds is 3. The number of fused-ring (bicyclic) bond motifs is 1. The Kier molecular flexibility index (Phi) is 3.10. The molecule has 0 aliphatic carbocycles. The lowest BCUT2D eigenvalue weighted by Crippen LogP contribution is -1.99. The third-order valence-corrected chi connectivity index (χ3v) is 2.92. The third-order valence-electron chi connectivity index (χ3n) is 2.92. The summed E-state index contributed by atoms with van der Waals surface area (Å²) in [5.41, 5.74) is 1.02. The number of benzene rings is 2. The minimum Gasteiger partial charge on any atom is -0.493 e. The molecule has 0 fully saturated rings. The lowest BCUT2D eigenvalue weighted by atomic mass is 10.0. The van der Waals surface area contributed by atoms with Crippen LogP contribution in [0.1, 0.15) is 15.9 Å². The molecule has 0 heterocycles. The zero-order valence-corrected chi connectivity index (χ0v) is 10.5. The van der Waals surface area contributed by atoms with Gasteiger partial charge >= 0.3 is 5.97 Å². The number of hydrogen-bond donors (Lipinski definition) is 1. The Balaban J connectivity index is 2.73. The maximum absolute atomic E-state index is 11.1. The number of aryl methyl sites for hydroxylation is 1. The summed E-state index contributed by atoms with van der Waals surface area (Å²) >= 11 is 0. The predicted octanol–water partition coefficient (Wildman–Crippen LogP) is 2.86. The van der Waals surface area contributed by atoms with Crippen LogP contribution in [0, 0.1) is 6.92 Å². The summed E-state index contributed by atoms with van der Waals surface area (Å²) in [7, 11) is 3.12. The molecular weight excluding hydrogens is 232 g/mol. The van der Waals surface area contributed by atoms with Gasteiger partial charge in [0.25, 0.3) is 0 Å². The zero-order chi connectivity index (χ0) is 13.3. The number of carboxylic acid groups (broad SMARTS) is 1. The van der Waals surface area contributed by atoms with Crippen LogP contribution in [0.2, 0.25) is 0 Å². The van der Waals surface area contributed by atoms with Crippen molar-refractivity contribution in [2.75, 3.05) is 14.2 Å². The maximum atomic E-state index is 11.1. The highest BCUT2D eigenvalue weighted by Crippen LogP contribution is 2.33. The van der Waals surface area contributed by atoms with Crippen molar-refractivity contribution >= 4 is 16.7 Å². The molecule has 0 bridgehead atoms. The van der Waals surface area contributed by atoms with Crippen molar-refractivity contribution in [2.24, 2.45) is 0 Å². The minimum absolute atomic E-state index is 0.301. The first-order valence-electron chi connectivity index (χ1n) is 5.46. The molecule has 94 valence electrons. The number of hydrogen-bond acceptors (Lipinski definition) is 3. The number of ether oxygens (including phenoxy) is 2. The Bertz CT molecular complexity index is 617. The lowest BCUT2D eigenvalue weighted by Gasteiger charge is -2.10. The van der Waals surface area contributed by atoms with Crippen LogP contribution in [0.3, 0.4) is 0 Å². The topological polar surface area (TPSA) is 55.8 Å². The van der Waals surface area contributed by atoms with Crippen LogP contribution in [0.4, 0.5) is 0 Å². The molecule has 0 unspecified atom stereocenters. The van der Waals surface area contributed by atoms with E-state index in [0.717, 1.165) is 16.3 Å². The van der Waals surface area contributed by atoms with Crippen LogP contribution < -0.4 is 9.47 Å². The van der Waals surface area contributed by atoms with Crippen molar-refractivity contribution < 1.29 is 19.4 Å². The van der Waals surface area contributed by atoms with Crippen molar-refractivity contribution in [1.82, 2.24) is 0 Å². The van der Waals surface area contributed by atoms with Crippen molar-refractivity contribution in [2.45, 2.75) is 6.92 Å². The van der Waals surface area contributed by atoms with Gasteiger partial charge in [0.15, 0.2) is 11.5 Å². The van der Waals surface area contributed by atoms with Gasteiger partial charge in [-0.2, -0.15) is 0 Å². The molecule has 0 spiro atoms. The quantitative estimate of drug-likeness (QED) is 0.904. The molecular formula is C14H14O4. The fourth-order valence-corrected chi connectivity index (χ4v) is 1.97. The van der Waals surface area contributed by atoms with E-state index in [9.17, 15) is 4.79 Å². The Labute approximate surface area is 105 Å². The molecule has 4 heteroatoms. The van der Waals surface area contributed by atoms with Crippen molar-refractivity contribution in [3.05, 3.63) is 35.4 Å². The molecule has 0 radical (unpaired) electrons. The average Bonchev–Trinajstić information content (AvgIpc) is 2.36. The van der Waals surface area contributed by atoms with Crippen LogP contribution in [-0.2, 0) is 0 Å². The van der Waals surface area contributed by atoms with Crippen LogP contribution in [0.5, 0.6) is 11.5 Å². The van der Waals surface area contributed by atoms with E-state index in [2.05, 4.69) is 0 Å². The molecule has 0 saturated carbocycles. The molecule has 2 aromatic carbocycles. The molecule has 2 aromatic rings. The van der Waals surface area contributed by atoms with Gasteiger partial charge in [-0.25, -0.2) is 4.79 Å². The monoisotopic (exact) mass is 246 g/mol. The molecule has 0 aromatic heterocycles. The van der Waals surface area contributed by atoms with Gasteiger partial charge in [0.05, 0.1) is 19.8 Å². The zero-order valence-electron chi connectivity index (χ0n) is 10.5. The van der Waals surface area contributed by atoms with Crippen LogP contribution in [0.25, 0.3) is 10.8 Å². The first-order valence-corrected chi connectivity index (χ1v) is 5.46. The number of methoxy groups -OCH3 is 2. The molecule has 0 amide bonds. The van der Waals surface area contributed by atoms with Gasteiger partial charge in [0, 0.05) is 0 Å². The third kappa shape index (κ3) is 1.97. The first-order chi connectivity index (χ1) is 8.56. The maximum Gasteiger partial charge on any atom is 0.335 e. The Morgan fingerprint density at radius 2 is 1.50 bits per heavy atom. The molecule has 0 aliphatic heterocycles. The molecule has 2 rings (SSSR count). The van der Waals surface area contributed by atoms with E-state index >= 15 is 0 Å². The summed E-state index contributed by atoms with van der Waals surface area (Å²) in [5, 5.41) is 10.8. The standard InChI is InChI=1S/C14H14O4/c1-8-4-9-6-12(17-2)13(18-3)7-10(9)5-11(8)14(15)16/h4-7H,1-3H3,(H,15,16). The van der Waals surface area contributed by atoms with E-state index in [1.807, 2.05) is 12.1 Å². The Hall–Kier alpha value is -2.23. The van der Waals surface area contributed by atoms with Crippen LogP contribution in [-0.4, -0.2) is 25.3 Å². The number of carbonyl (C=O) groups is 1. The highest BCUT2D eigenvalue weighted by molar-refractivity contribution is 5.97. The first kappa shape index (κ1) is 12.2. The van der Waals surface area contributed by atoms with E-state index in [1.165, 1.54) is 0 Å². The molecule has 0 atom stereocenters. The fourth-order valence-electron chi connectivity index (χ4n) is 1.97. The van der Waals surface area contributed by atoms with Gasteiger partial charge in [0.2, 0.25) is 0 Å². The Morgan fingerprint density at radius 1 is 1.00 bits per heavy atom. The fraction of sp³-hybridized carbons (Fsp3) is 0.214. The molecule has 0 saturated heterocycles. The second-order valence-electron chi connectivity index (χ2n) is 4.03. The molecule has 1 N–H and O–H groups in total. The summed E-state index contributed by atoms with van der Waals surface area (Å²) < 4.78 is 10.4. The summed E-state index contributed by atoms with van der Waals surface area (Å²) in [4.78, 5) is 11.1. The minimum atomic E-state index is -0.927. The van der Waals surface area contributed by atoms with Crippen molar-refractivity contribution in [3.8, 4) is 11.5 Å². The van der Waals surface area contributed by atoms with E-state index in [1.54, 1.807) is 33.3 Å². The van der Waals surface area contributed by atoms with Gasteiger partial charge in [-0.1, -0.05) is 6.07 Å². The van der Waals surface area contributed by atoms with Crippen LogP contribution >= 0.6 is 0 Å². The molecule has 4 nitrogen and oxygen atoms in total. The van der Waals surface area contributed by atoms with Crippen molar-refractivity contribution in [1.29, 1.82) is 0 Å². The largest absolute Gasteiger partial charge is 0.493 e. The van der Waals surface area contributed by atoms with Gasteiger partial charge in [-0.15, -0.1) is 0 Å². The molecule has 18 heavy (non-hydrogen) atoms.